The highest BCUT2D eigenvalue weighted by Gasteiger charge is 2.41. The average molecular weight is 923 g/mol. The Morgan fingerprint density at radius 1 is 0.409 bits per heavy atom. The maximum Gasteiger partial charge on any atom is 0.349 e. The van der Waals surface area contributed by atoms with Gasteiger partial charge in [-0.15, -0.1) is 0 Å². The van der Waals surface area contributed by atoms with Crippen molar-refractivity contribution >= 4 is 59.9 Å². The van der Waals surface area contributed by atoms with Crippen LogP contribution in [0.4, 0.5) is 0 Å². The maximum atomic E-state index is 12.8. The smallest absolute Gasteiger partial charge is 0.349 e. The topological polar surface area (TPSA) is 394 Å². The summed E-state index contributed by atoms with van der Waals surface area (Å²) >= 11 is 0. The number of esters is 4. The number of ether oxygens (including phenoxy) is 4. The first-order valence-corrected chi connectivity index (χ1v) is 18.2. The number of phenolic OH excluding ortho intramolecular Hbond substituents is 6. The number of carbonyl (C=O) groups excluding carboxylic acids is 4. The molecule has 0 aliphatic heterocycles. The molecule has 0 amide bonds. The molecule has 0 bridgehead atoms. The van der Waals surface area contributed by atoms with Crippen molar-refractivity contribution in [2.24, 2.45) is 0 Å². The van der Waals surface area contributed by atoms with Crippen molar-refractivity contribution in [2.45, 2.75) is 37.3 Å². The molecule has 4 atom stereocenters. The number of hydrogen-bond donors (Lipinski definition) is 10. The van der Waals surface area contributed by atoms with Crippen molar-refractivity contribution in [1.29, 1.82) is 0 Å². The molecule has 66 heavy (non-hydrogen) atoms. The van der Waals surface area contributed by atoms with E-state index in [2.05, 4.69) is 4.74 Å². The van der Waals surface area contributed by atoms with Crippen molar-refractivity contribution < 1.29 is 118 Å². The molecule has 0 aliphatic rings. The molecule has 4 rings (SSSR count). The van der Waals surface area contributed by atoms with Crippen LogP contribution in [-0.2, 0) is 70.1 Å². The van der Waals surface area contributed by atoms with E-state index in [0.717, 1.165) is 66.7 Å². The van der Waals surface area contributed by atoms with Crippen LogP contribution >= 0.6 is 0 Å². The zero-order chi connectivity index (χ0) is 48.8. The van der Waals surface area contributed by atoms with Crippen molar-refractivity contribution in [3.63, 3.8) is 0 Å². The van der Waals surface area contributed by atoms with E-state index in [1.165, 1.54) is 18.2 Å². The number of carboxylic acids is 4. The summed E-state index contributed by atoms with van der Waals surface area (Å²) < 4.78 is 19.0. The molecule has 24 heteroatoms. The zero-order valence-electron chi connectivity index (χ0n) is 33.1. The third-order valence-corrected chi connectivity index (χ3v) is 8.32. The van der Waals surface area contributed by atoms with E-state index in [1.807, 2.05) is 0 Å². The number of aromatic hydroxyl groups is 6. The van der Waals surface area contributed by atoms with E-state index in [4.69, 9.17) is 24.0 Å². The molecule has 4 aromatic rings. The van der Waals surface area contributed by atoms with Crippen molar-refractivity contribution in [3.05, 3.63) is 107 Å². The van der Waals surface area contributed by atoms with Crippen LogP contribution in [0, 0.1) is 0 Å². The average Bonchev–Trinajstić information content (AvgIpc) is 3.24. The Bertz CT molecular complexity index is 2590. The summed E-state index contributed by atoms with van der Waals surface area (Å²) in [6.07, 6.45) is -8.40. The van der Waals surface area contributed by atoms with Crippen LogP contribution in [0.15, 0.2) is 84.9 Å². The number of benzene rings is 4. The van der Waals surface area contributed by atoms with Gasteiger partial charge in [0.25, 0.3) is 0 Å². The predicted octanol–water partition coefficient (Wildman–Crippen LogP) is 1.79. The van der Waals surface area contributed by atoms with E-state index >= 15 is 0 Å². The highest BCUT2D eigenvalue weighted by Crippen LogP contribution is 2.32. The number of carboxylic acid groups (broad SMARTS) is 4. The third kappa shape index (κ3) is 14.0. The quantitative estimate of drug-likeness (QED) is 0.0142. The number of aliphatic carboxylic acids is 4. The fourth-order valence-electron chi connectivity index (χ4n) is 5.17. The van der Waals surface area contributed by atoms with E-state index in [9.17, 15) is 89.4 Å². The first-order chi connectivity index (χ1) is 31.1. The molecular formula is C42H34O24. The summed E-state index contributed by atoms with van der Waals surface area (Å²) in [4.78, 5) is 108. The SMILES string of the molecule is O=C(/C=C/c1ccc(O)c(O)c1)O[C@@H](C(=O)O)[C@@H](OC(=O)/C=C/c1ccc(O)c(OOc2cc(CC(=O)OC(C(=O)O)C(OC(=O)Cc3ccc(O)c(O)c3)C(=O)O)ccc2O)c1)C(=O)O. The van der Waals surface area contributed by atoms with Gasteiger partial charge in [0, 0.05) is 12.2 Å². The molecule has 0 spiro atoms. The largest absolute Gasteiger partial charge is 0.504 e. The summed E-state index contributed by atoms with van der Waals surface area (Å²) in [5, 5.41) is 97.0. The lowest BCUT2D eigenvalue weighted by atomic mass is 10.1. The number of phenols is 6. The van der Waals surface area contributed by atoms with Crippen molar-refractivity contribution in [3.8, 4) is 46.0 Å². The number of rotatable bonds is 21. The van der Waals surface area contributed by atoms with Crippen LogP contribution in [0.5, 0.6) is 46.0 Å². The monoisotopic (exact) mass is 922 g/mol. The van der Waals surface area contributed by atoms with Gasteiger partial charge in [0.1, 0.15) is 0 Å². The Hall–Kier alpha value is -9.48. The second-order valence-corrected chi connectivity index (χ2v) is 13.2. The molecular weight excluding hydrogens is 888 g/mol. The fourth-order valence-corrected chi connectivity index (χ4v) is 5.17. The summed E-state index contributed by atoms with van der Waals surface area (Å²) in [6, 6.07) is 13.0. The van der Waals surface area contributed by atoms with E-state index in [0.29, 0.717) is 12.2 Å². The Kier molecular flexibility index (Phi) is 16.4. The summed E-state index contributed by atoms with van der Waals surface area (Å²) in [5.41, 5.74) is 0.175. The van der Waals surface area contributed by atoms with Gasteiger partial charge in [-0.25, -0.2) is 28.8 Å². The van der Waals surface area contributed by atoms with Crippen LogP contribution < -0.4 is 9.78 Å². The van der Waals surface area contributed by atoms with Gasteiger partial charge in [0.15, 0.2) is 34.5 Å². The Balaban J connectivity index is 1.38. The second-order valence-electron chi connectivity index (χ2n) is 13.2. The molecule has 24 nitrogen and oxygen atoms in total. The normalized spacial score (nSPS) is 12.8. The van der Waals surface area contributed by atoms with Crippen LogP contribution in [0.2, 0.25) is 0 Å². The summed E-state index contributed by atoms with van der Waals surface area (Å²) in [6.45, 7) is 0. The summed E-state index contributed by atoms with van der Waals surface area (Å²) in [5.74, 6) is -17.9. The Morgan fingerprint density at radius 3 is 1.18 bits per heavy atom. The molecule has 2 unspecified atom stereocenters. The molecule has 0 aliphatic carbocycles. The van der Waals surface area contributed by atoms with Gasteiger partial charge in [0.2, 0.25) is 35.9 Å². The molecule has 346 valence electrons. The van der Waals surface area contributed by atoms with Gasteiger partial charge in [-0.05, 0) is 82.9 Å². The minimum absolute atomic E-state index is 0.0283. The molecule has 4 aromatic carbocycles. The lowest BCUT2D eigenvalue weighted by molar-refractivity contribution is -0.187. The standard InChI is InChI=1S/C42H34O24/c43-23-7-1-19(13-27(23)47)5-11-31(49)61-35(39(53)54)36(40(55)56)62-32(50)12-6-20-2-9-25(45)29(15-20)65-66-30-16-22(4-10-26(30)46)18-34(52)64-38(42(59)60)37(41(57)58)63-33(51)17-21-3-8-24(44)28(48)14-21/h1-16,35-38,43-48H,17-18H2,(H,53,54)(H,55,56)(H,57,58)(H,59,60)/b11-5+,12-6+/t35-,36-,37?,38?/m1/s1. The lowest BCUT2D eigenvalue weighted by Crippen LogP contribution is -2.46. The van der Waals surface area contributed by atoms with Crippen molar-refractivity contribution in [1.82, 2.24) is 0 Å². The fraction of sp³-hybridized carbons (Fsp3) is 0.143. The van der Waals surface area contributed by atoms with Gasteiger partial charge in [-0.2, -0.15) is 0 Å². The lowest BCUT2D eigenvalue weighted by Gasteiger charge is -2.21. The van der Waals surface area contributed by atoms with Gasteiger partial charge >= 0.3 is 47.8 Å². The first-order valence-electron chi connectivity index (χ1n) is 18.2. The molecule has 0 saturated carbocycles. The molecule has 0 radical (unpaired) electrons. The number of hydrogen-bond acceptors (Lipinski definition) is 20. The Labute approximate surface area is 368 Å². The number of carbonyl (C=O) groups is 8. The van der Waals surface area contributed by atoms with Crippen LogP contribution in [0.1, 0.15) is 22.3 Å². The van der Waals surface area contributed by atoms with Crippen LogP contribution in [-0.4, -0.2) is 123 Å². The predicted molar refractivity (Wildman–Crippen MR) is 213 cm³/mol. The molecule has 0 aromatic heterocycles. The Morgan fingerprint density at radius 2 is 0.758 bits per heavy atom. The zero-order valence-corrected chi connectivity index (χ0v) is 33.1. The van der Waals surface area contributed by atoms with Crippen molar-refractivity contribution in [2.75, 3.05) is 0 Å². The van der Waals surface area contributed by atoms with Crippen LogP contribution in [0.3, 0.4) is 0 Å². The van der Waals surface area contributed by atoms with Gasteiger partial charge in [-0.1, -0.05) is 24.3 Å². The molecule has 0 saturated heterocycles. The van der Waals surface area contributed by atoms with Gasteiger partial charge in [-0.3, -0.25) is 19.4 Å². The van der Waals surface area contributed by atoms with Gasteiger partial charge in [0.05, 0.1) is 12.8 Å². The maximum absolute atomic E-state index is 12.8. The summed E-state index contributed by atoms with van der Waals surface area (Å²) in [7, 11) is 0. The highest BCUT2D eigenvalue weighted by atomic mass is 17.2. The minimum atomic E-state index is -2.57. The van der Waals surface area contributed by atoms with Gasteiger partial charge < -0.3 is 70.0 Å². The minimum Gasteiger partial charge on any atom is -0.504 e. The highest BCUT2D eigenvalue weighted by molar-refractivity contribution is 5.94. The molecule has 10 N–H and O–H groups in total. The van der Waals surface area contributed by atoms with Crippen LogP contribution in [0.25, 0.3) is 12.2 Å². The first kappa shape index (κ1) is 49.2. The van der Waals surface area contributed by atoms with E-state index in [1.54, 1.807) is 0 Å². The van der Waals surface area contributed by atoms with E-state index < -0.39 is 131 Å². The third-order valence-electron chi connectivity index (χ3n) is 8.32. The molecule has 0 heterocycles. The second kappa shape index (κ2) is 22.0. The molecule has 0 fully saturated rings. The van der Waals surface area contributed by atoms with E-state index in [-0.39, 0.29) is 22.3 Å².